The molecule has 23 heavy (non-hydrogen) atoms. The van der Waals surface area contributed by atoms with Crippen molar-refractivity contribution in [3.63, 3.8) is 0 Å². The van der Waals surface area contributed by atoms with Crippen molar-refractivity contribution in [3.05, 3.63) is 48.0 Å². The predicted molar refractivity (Wildman–Crippen MR) is 91.3 cm³/mol. The minimum atomic E-state index is -0.106. The summed E-state index contributed by atoms with van der Waals surface area (Å²) >= 11 is -0.106. The molecular formula is C16H12Cl2N4Pd. The number of halogens is 2. The van der Waals surface area contributed by atoms with Crippen LogP contribution in [0.3, 0.4) is 0 Å². The zero-order valence-electron chi connectivity index (χ0n) is 12.3. The van der Waals surface area contributed by atoms with Gasteiger partial charge in [0.05, 0.1) is 33.5 Å². The summed E-state index contributed by atoms with van der Waals surface area (Å²) in [6, 6.07) is 7.91. The Labute approximate surface area is 149 Å². The van der Waals surface area contributed by atoms with E-state index in [9.17, 15) is 0 Å². The second-order valence-electron chi connectivity index (χ2n) is 4.94. The number of fused-ring (bicyclic) bond motifs is 6. The van der Waals surface area contributed by atoms with Crippen molar-refractivity contribution in [2.24, 2.45) is 0 Å². The van der Waals surface area contributed by atoms with E-state index in [1.54, 1.807) is 12.4 Å². The van der Waals surface area contributed by atoms with Gasteiger partial charge in [-0.3, -0.25) is 9.97 Å². The van der Waals surface area contributed by atoms with Gasteiger partial charge >= 0.3 is 35.0 Å². The first-order valence-corrected chi connectivity index (χ1v) is 10.8. The zero-order chi connectivity index (χ0) is 16.4. The summed E-state index contributed by atoms with van der Waals surface area (Å²) in [5, 5.41) is 2.01. The Hall–Kier alpha value is -1.38. The van der Waals surface area contributed by atoms with Gasteiger partial charge in [-0.25, -0.2) is 9.97 Å². The Bertz CT molecular complexity index is 927. The van der Waals surface area contributed by atoms with Gasteiger partial charge in [-0.1, -0.05) is 0 Å². The Morgan fingerprint density at radius 3 is 1.52 bits per heavy atom. The molecule has 0 spiro atoms. The fourth-order valence-electron chi connectivity index (χ4n) is 2.55. The molecule has 0 unspecified atom stereocenters. The molecule has 3 heterocycles. The van der Waals surface area contributed by atoms with Crippen LogP contribution in [0.15, 0.2) is 36.7 Å². The van der Waals surface area contributed by atoms with Crippen LogP contribution < -0.4 is 0 Å². The molecule has 0 bridgehead atoms. The van der Waals surface area contributed by atoms with E-state index in [2.05, 4.69) is 9.97 Å². The summed E-state index contributed by atoms with van der Waals surface area (Å²) in [6.07, 6.45) is 3.58. The SMILES string of the molecule is Cc1nc2c3cccnc3c3ncccc3c2nc1C.[Cl][Pd][Cl]. The molecule has 4 rings (SSSR count). The molecule has 0 aliphatic carbocycles. The van der Waals surface area contributed by atoms with Crippen LogP contribution in [0.5, 0.6) is 0 Å². The van der Waals surface area contributed by atoms with E-state index in [0.717, 1.165) is 44.2 Å². The predicted octanol–water partition coefficient (Wildman–Crippen LogP) is 4.72. The first kappa shape index (κ1) is 16.5. The average Bonchev–Trinajstić information content (AvgIpc) is 2.57. The Balaban J connectivity index is 0.000000485. The fraction of sp³-hybridized carbons (Fsp3) is 0.125. The summed E-state index contributed by atoms with van der Waals surface area (Å²) in [4.78, 5) is 18.4. The summed E-state index contributed by atoms with van der Waals surface area (Å²) in [5.41, 5.74) is 5.46. The monoisotopic (exact) mass is 436 g/mol. The third-order valence-corrected chi connectivity index (χ3v) is 3.66. The van der Waals surface area contributed by atoms with Crippen LogP contribution in [0.1, 0.15) is 11.4 Å². The number of nitrogens with zero attached hydrogens (tertiary/aromatic N) is 4. The maximum atomic E-state index is 4.81. The van der Waals surface area contributed by atoms with E-state index in [1.165, 1.54) is 0 Å². The number of benzene rings is 1. The van der Waals surface area contributed by atoms with Crippen molar-refractivity contribution in [2.75, 3.05) is 0 Å². The van der Waals surface area contributed by atoms with Crippen molar-refractivity contribution in [3.8, 4) is 0 Å². The molecule has 0 fully saturated rings. The number of hydrogen-bond acceptors (Lipinski definition) is 4. The summed E-state index contributed by atoms with van der Waals surface area (Å²) in [7, 11) is 9.63. The van der Waals surface area contributed by atoms with E-state index in [0.29, 0.717) is 0 Å². The van der Waals surface area contributed by atoms with Gasteiger partial charge in [-0.15, -0.1) is 0 Å². The molecule has 0 saturated heterocycles. The van der Waals surface area contributed by atoms with Gasteiger partial charge in [0.1, 0.15) is 0 Å². The van der Waals surface area contributed by atoms with Crippen LogP contribution in [-0.4, -0.2) is 19.9 Å². The molecule has 3 aromatic heterocycles. The summed E-state index contributed by atoms with van der Waals surface area (Å²) in [6.45, 7) is 3.97. The van der Waals surface area contributed by atoms with Gasteiger partial charge in [-0.05, 0) is 38.1 Å². The van der Waals surface area contributed by atoms with Gasteiger partial charge in [0.25, 0.3) is 0 Å². The van der Waals surface area contributed by atoms with E-state index >= 15 is 0 Å². The fourth-order valence-corrected chi connectivity index (χ4v) is 2.55. The number of pyridine rings is 2. The quantitative estimate of drug-likeness (QED) is 0.295. The maximum absolute atomic E-state index is 4.81. The number of hydrogen-bond donors (Lipinski definition) is 0. The van der Waals surface area contributed by atoms with Crippen molar-refractivity contribution in [1.82, 2.24) is 19.9 Å². The topological polar surface area (TPSA) is 51.6 Å². The molecule has 120 valence electrons. The second-order valence-corrected chi connectivity index (χ2v) is 7.30. The van der Waals surface area contributed by atoms with Crippen LogP contribution in [0.2, 0.25) is 0 Å². The molecule has 0 atom stereocenters. The standard InChI is InChI=1S/C16H12N4.2ClH.Pd/c1-9-10(2)20-16-12-6-4-8-18-14(12)13-11(15(16)19-9)5-3-7-17-13;;;/h3-8H,1-2H3;2*1H;/q;;;+2/p-2. The Morgan fingerprint density at radius 2 is 1.13 bits per heavy atom. The molecule has 0 N–H and O–H groups in total. The van der Waals surface area contributed by atoms with Crippen molar-refractivity contribution in [1.29, 1.82) is 0 Å². The van der Waals surface area contributed by atoms with E-state index in [4.69, 9.17) is 29.0 Å². The second kappa shape index (κ2) is 7.02. The van der Waals surface area contributed by atoms with E-state index in [-0.39, 0.29) is 15.9 Å². The van der Waals surface area contributed by atoms with Crippen LogP contribution in [0.4, 0.5) is 0 Å². The van der Waals surface area contributed by atoms with E-state index < -0.39 is 0 Å². The van der Waals surface area contributed by atoms with Crippen molar-refractivity contribution < 1.29 is 15.9 Å². The van der Waals surface area contributed by atoms with Crippen LogP contribution >= 0.6 is 19.1 Å². The molecular weight excluding hydrogens is 426 g/mol. The molecule has 4 nitrogen and oxygen atoms in total. The van der Waals surface area contributed by atoms with Gasteiger partial charge < -0.3 is 0 Å². The molecule has 7 heteroatoms. The van der Waals surface area contributed by atoms with Crippen LogP contribution in [-0.2, 0) is 15.9 Å². The van der Waals surface area contributed by atoms with Crippen LogP contribution in [0, 0.1) is 13.8 Å². The molecule has 0 aliphatic rings. The number of aryl methyl sites for hydroxylation is 2. The summed E-state index contributed by atoms with van der Waals surface area (Å²) < 4.78 is 0. The number of aromatic nitrogens is 4. The Kier molecular flexibility index (Phi) is 5.03. The first-order valence-electron chi connectivity index (χ1n) is 6.76. The molecule has 0 aliphatic heterocycles. The van der Waals surface area contributed by atoms with Gasteiger partial charge in [-0.2, -0.15) is 0 Å². The molecule has 0 radical (unpaired) electrons. The molecule has 1 aromatic carbocycles. The third kappa shape index (κ3) is 3.03. The van der Waals surface area contributed by atoms with Crippen molar-refractivity contribution >= 4 is 51.9 Å². The molecule has 4 aromatic rings. The van der Waals surface area contributed by atoms with Gasteiger partial charge in [0.15, 0.2) is 0 Å². The van der Waals surface area contributed by atoms with E-state index in [1.807, 2.05) is 38.1 Å². The minimum absolute atomic E-state index is 0.106. The number of rotatable bonds is 0. The van der Waals surface area contributed by atoms with Crippen LogP contribution in [0.25, 0.3) is 32.8 Å². The molecule has 0 saturated carbocycles. The Morgan fingerprint density at radius 1 is 0.739 bits per heavy atom. The normalized spacial score (nSPS) is 11.0. The first-order chi connectivity index (χ1) is 11.2. The average molecular weight is 438 g/mol. The van der Waals surface area contributed by atoms with Gasteiger partial charge in [0, 0.05) is 23.2 Å². The summed E-state index contributed by atoms with van der Waals surface area (Å²) in [5.74, 6) is 0. The third-order valence-electron chi connectivity index (χ3n) is 3.66. The van der Waals surface area contributed by atoms with Gasteiger partial charge in [0.2, 0.25) is 0 Å². The zero-order valence-corrected chi connectivity index (χ0v) is 15.4. The van der Waals surface area contributed by atoms with Crippen molar-refractivity contribution in [2.45, 2.75) is 13.8 Å². The molecule has 0 amide bonds.